The third-order valence-electron chi connectivity index (χ3n) is 8.05. The van der Waals surface area contributed by atoms with Crippen molar-refractivity contribution in [3.05, 3.63) is 35.8 Å². The quantitative estimate of drug-likeness (QED) is 0.599. The molecule has 5 heteroatoms. The molecule has 0 amide bonds. The minimum absolute atomic E-state index is 0.0158. The van der Waals surface area contributed by atoms with Gasteiger partial charge in [0.05, 0.1) is 18.4 Å². The number of hydrogen-bond acceptors (Lipinski definition) is 5. The molecule has 2 fully saturated rings. The van der Waals surface area contributed by atoms with E-state index in [1.165, 1.54) is 0 Å². The van der Waals surface area contributed by atoms with E-state index in [4.69, 9.17) is 13.9 Å². The summed E-state index contributed by atoms with van der Waals surface area (Å²) >= 11 is 0. The fourth-order valence-electron chi connectivity index (χ4n) is 6.33. The summed E-state index contributed by atoms with van der Waals surface area (Å²) in [6.45, 7) is 10.8. The van der Waals surface area contributed by atoms with Crippen LogP contribution in [0.25, 0.3) is 0 Å². The molecule has 164 valence electrons. The van der Waals surface area contributed by atoms with Crippen LogP contribution in [0.3, 0.4) is 0 Å². The van der Waals surface area contributed by atoms with Crippen LogP contribution in [0.15, 0.2) is 34.7 Å². The molecule has 0 aromatic carbocycles. The van der Waals surface area contributed by atoms with Crippen molar-refractivity contribution in [2.24, 2.45) is 28.6 Å². The zero-order chi connectivity index (χ0) is 21.7. The Bertz CT molecular complexity index is 836. The number of furan rings is 1. The van der Waals surface area contributed by atoms with Gasteiger partial charge in [-0.15, -0.1) is 0 Å². The number of hydrogen-bond donors (Lipinski definition) is 0. The molecule has 1 aromatic heterocycles. The van der Waals surface area contributed by atoms with Gasteiger partial charge < -0.3 is 13.9 Å². The summed E-state index contributed by atoms with van der Waals surface area (Å²) in [5, 5.41) is 0. The molecule has 2 aliphatic carbocycles. The van der Waals surface area contributed by atoms with Gasteiger partial charge in [-0.3, -0.25) is 4.79 Å². The van der Waals surface area contributed by atoms with Crippen LogP contribution in [0.5, 0.6) is 0 Å². The normalized spacial score (nSPS) is 36.0. The van der Waals surface area contributed by atoms with Crippen LogP contribution in [-0.2, 0) is 19.1 Å². The maximum Gasteiger partial charge on any atom is 0.334 e. The zero-order valence-electron chi connectivity index (χ0n) is 18.8. The first-order valence-electron chi connectivity index (χ1n) is 11.3. The van der Waals surface area contributed by atoms with Crippen molar-refractivity contribution >= 4 is 11.9 Å². The molecule has 0 unspecified atom stereocenters. The van der Waals surface area contributed by atoms with Gasteiger partial charge in [-0.1, -0.05) is 41.0 Å². The minimum atomic E-state index is -0.393. The highest BCUT2D eigenvalue weighted by Gasteiger charge is 2.60. The highest BCUT2D eigenvalue weighted by Crippen LogP contribution is 2.63. The van der Waals surface area contributed by atoms with Gasteiger partial charge in [-0.05, 0) is 48.7 Å². The van der Waals surface area contributed by atoms with Crippen molar-refractivity contribution < 1.29 is 23.5 Å². The topological polar surface area (TPSA) is 65.7 Å². The van der Waals surface area contributed by atoms with Crippen LogP contribution in [0, 0.1) is 28.6 Å². The molecular weight excluding hydrogens is 380 g/mol. The van der Waals surface area contributed by atoms with E-state index in [9.17, 15) is 9.59 Å². The van der Waals surface area contributed by atoms with Crippen LogP contribution >= 0.6 is 0 Å². The summed E-state index contributed by atoms with van der Waals surface area (Å²) in [7, 11) is 0. The molecule has 0 bridgehead atoms. The van der Waals surface area contributed by atoms with E-state index >= 15 is 0 Å². The van der Waals surface area contributed by atoms with Crippen LogP contribution in [0.1, 0.15) is 78.4 Å². The summed E-state index contributed by atoms with van der Waals surface area (Å²) in [6, 6.07) is 1.87. The number of ether oxygens (including phenoxy) is 2. The average molecular weight is 415 g/mol. The van der Waals surface area contributed by atoms with Crippen molar-refractivity contribution in [2.45, 2.75) is 78.9 Å². The fraction of sp³-hybridized carbons (Fsp3) is 0.680. The van der Waals surface area contributed by atoms with Crippen molar-refractivity contribution in [2.75, 3.05) is 0 Å². The Morgan fingerprint density at radius 2 is 2.07 bits per heavy atom. The lowest BCUT2D eigenvalue weighted by Crippen LogP contribution is -2.57. The molecule has 1 saturated carbocycles. The molecule has 3 aliphatic rings. The zero-order valence-corrected chi connectivity index (χ0v) is 18.8. The van der Waals surface area contributed by atoms with Crippen molar-refractivity contribution in [1.82, 2.24) is 0 Å². The Labute approximate surface area is 179 Å². The third-order valence-corrected chi connectivity index (χ3v) is 8.05. The van der Waals surface area contributed by atoms with Gasteiger partial charge in [0.25, 0.3) is 0 Å². The van der Waals surface area contributed by atoms with Crippen LogP contribution in [0.2, 0.25) is 0 Å². The van der Waals surface area contributed by atoms with E-state index in [2.05, 4.69) is 20.8 Å². The molecule has 1 saturated heterocycles. The van der Waals surface area contributed by atoms with Gasteiger partial charge in [0.1, 0.15) is 12.2 Å². The Morgan fingerprint density at radius 3 is 2.73 bits per heavy atom. The first-order valence-corrected chi connectivity index (χ1v) is 11.3. The molecule has 5 nitrogen and oxygen atoms in total. The van der Waals surface area contributed by atoms with Gasteiger partial charge in [-0.25, -0.2) is 4.79 Å². The first kappa shape index (κ1) is 21.2. The number of rotatable bonds is 4. The van der Waals surface area contributed by atoms with Crippen LogP contribution < -0.4 is 0 Å². The van der Waals surface area contributed by atoms with Gasteiger partial charge in [-0.2, -0.15) is 0 Å². The fourth-order valence-corrected chi connectivity index (χ4v) is 6.33. The third kappa shape index (κ3) is 3.40. The predicted octanol–water partition coefficient (Wildman–Crippen LogP) is 5.61. The standard InChI is InChI=1S/C25H34O5/c1-6-15(2)22(26)30-20-12-17-18(25(5)10-7-9-24(3,4)21(20)25)13-19(29-23(17)27)16-8-11-28-14-16/h8,11-12,14-15,18-21H,6-7,9-10,13H2,1-5H3/t15-,18+,19+,20+,21+,25-/m1/s1. The summed E-state index contributed by atoms with van der Waals surface area (Å²) in [6.07, 6.45) is 9.22. The van der Waals surface area contributed by atoms with Gasteiger partial charge >= 0.3 is 11.9 Å². The highest BCUT2D eigenvalue weighted by molar-refractivity contribution is 5.91. The molecule has 30 heavy (non-hydrogen) atoms. The van der Waals surface area contributed by atoms with E-state index in [1.54, 1.807) is 12.5 Å². The number of fused-ring (bicyclic) bond motifs is 3. The van der Waals surface area contributed by atoms with E-state index in [0.717, 1.165) is 37.7 Å². The molecule has 0 radical (unpaired) electrons. The Kier molecular flexibility index (Phi) is 5.36. The Balaban J connectivity index is 1.74. The smallest absolute Gasteiger partial charge is 0.334 e. The van der Waals surface area contributed by atoms with Crippen molar-refractivity contribution in [3.8, 4) is 0 Å². The predicted molar refractivity (Wildman–Crippen MR) is 112 cm³/mol. The molecule has 6 atom stereocenters. The number of esters is 2. The summed E-state index contributed by atoms with van der Waals surface area (Å²) in [5.41, 5.74) is 1.48. The molecule has 0 N–H and O–H groups in total. The van der Waals surface area contributed by atoms with E-state index in [1.807, 2.05) is 26.0 Å². The second kappa shape index (κ2) is 7.58. The maximum atomic E-state index is 13.1. The van der Waals surface area contributed by atoms with Crippen LogP contribution in [0.4, 0.5) is 0 Å². The lowest BCUT2D eigenvalue weighted by atomic mass is 9.47. The second-order valence-electron chi connectivity index (χ2n) is 10.4. The largest absolute Gasteiger partial charge is 0.472 e. The number of carbonyl (C=O) groups excluding carboxylic acids is 2. The minimum Gasteiger partial charge on any atom is -0.472 e. The molecule has 1 aromatic rings. The van der Waals surface area contributed by atoms with Crippen molar-refractivity contribution in [3.63, 3.8) is 0 Å². The van der Waals surface area contributed by atoms with Gasteiger partial charge in [0.2, 0.25) is 0 Å². The van der Waals surface area contributed by atoms with Gasteiger partial charge in [0.15, 0.2) is 0 Å². The maximum absolute atomic E-state index is 13.1. The first-order chi connectivity index (χ1) is 14.2. The number of cyclic esters (lactones) is 1. The number of carbonyl (C=O) groups is 2. The van der Waals surface area contributed by atoms with E-state index in [-0.39, 0.29) is 46.6 Å². The molecule has 4 rings (SSSR count). The van der Waals surface area contributed by atoms with E-state index < -0.39 is 6.10 Å². The summed E-state index contributed by atoms with van der Waals surface area (Å²) < 4.78 is 17.1. The molecule has 2 heterocycles. The molecule has 1 aliphatic heterocycles. The lowest BCUT2D eigenvalue weighted by Gasteiger charge is -2.59. The monoisotopic (exact) mass is 414 g/mol. The SMILES string of the molecule is CC[C@@H](C)C(=O)O[C@H]1C=C2C(=O)O[C@H](c3ccoc3)C[C@@H]2[C@@]2(C)CCCC(C)(C)[C@H]12. The summed E-state index contributed by atoms with van der Waals surface area (Å²) in [5.74, 6) is -0.367. The van der Waals surface area contributed by atoms with Gasteiger partial charge in [0, 0.05) is 23.0 Å². The van der Waals surface area contributed by atoms with Crippen molar-refractivity contribution in [1.29, 1.82) is 0 Å². The Morgan fingerprint density at radius 1 is 1.30 bits per heavy atom. The van der Waals surface area contributed by atoms with Crippen LogP contribution in [-0.4, -0.2) is 18.0 Å². The lowest BCUT2D eigenvalue weighted by molar-refractivity contribution is -0.176. The highest BCUT2D eigenvalue weighted by atomic mass is 16.6. The Hall–Kier alpha value is -2.04. The molecular formula is C25H34O5. The average Bonchev–Trinajstić information content (AvgIpc) is 3.22. The molecule has 0 spiro atoms. The van der Waals surface area contributed by atoms with E-state index in [0.29, 0.717) is 5.57 Å². The second-order valence-corrected chi connectivity index (χ2v) is 10.4. The summed E-state index contributed by atoms with van der Waals surface area (Å²) in [4.78, 5) is 25.8.